The molecule has 0 fully saturated rings. The van der Waals surface area contributed by atoms with E-state index in [0.717, 1.165) is 135 Å². The van der Waals surface area contributed by atoms with Gasteiger partial charge in [0.05, 0.1) is 12.0 Å². The average molecular weight is 671 g/mol. The quantitative estimate of drug-likeness (QED) is 0.0378. The van der Waals surface area contributed by atoms with E-state index in [9.17, 15) is 24.6 Å². The topological polar surface area (TPSA) is 141 Å². The summed E-state index contributed by atoms with van der Waals surface area (Å²) in [6.07, 6.45) is 30.6. The molecule has 4 N–H and O–H groups in total. The largest absolute Gasteiger partial charge is 0.481 e. The summed E-state index contributed by atoms with van der Waals surface area (Å²) >= 11 is 0. The summed E-state index contributed by atoms with van der Waals surface area (Å²) in [5, 5.41) is 36.7. The lowest BCUT2D eigenvalue weighted by Crippen LogP contribution is -2.35. The summed E-state index contributed by atoms with van der Waals surface area (Å²) in [4.78, 5) is 35.0. The first-order valence-electron chi connectivity index (χ1n) is 19.7. The molecule has 0 radical (unpaired) electrons. The molecule has 0 aromatic heterocycles. The second-order valence-electron chi connectivity index (χ2n) is 14.1. The number of aliphatic hydroxyl groups is 2. The Labute approximate surface area is 287 Å². The molecule has 0 aliphatic carbocycles. The van der Waals surface area contributed by atoms with E-state index in [0.29, 0.717) is 0 Å². The number of hydrogen-bond acceptors (Lipinski definition) is 6. The van der Waals surface area contributed by atoms with E-state index in [-0.39, 0.29) is 25.4 Å². The highest BCUT2D eigenvalue weighted by Crippen LogP contribution is 2.39. The Hall–Kier alpha value is -1.67. The number of carbonyl (C=O) groups excluding carboxylic acids is 1. The van der Waals surface area contributed by atoms with Crippen molar-refractivity contribution in [2.24, 2.45) is 5.41 Å². The maximum atomic E-state index is 13.7. The summed E-state index contributed by atoms with van der Waals surface area (Å²) < 4.78 is 5.67. The van der Waals surface area contributed by atoms with Crippen molar-refractivity contribution < 1.29 is 39.5 Å². The highest BCUT2D eigenvalue weighted by Gasteiger charge is 2.38. The van der Waals surface area contributed by atoms with E-state index in [1.54, 1.807) is 0 Å². The van der Waals surface area contributed by atoms with E-state index in [2.05, 4.69) is 6.92 Å². The van der Waals surface area contributed by atoms with Gasteiger partial charge < -0.3 is 25.2 Å². The maximum Gasteiger partial charge on any atom is 0.312 e. The number of carboxylic acids is 2. The number of aliphatic carboxylic acids is 2. The molecule has 1 unspecified atom stereocenters. The molecule has 0 saturated heterocycles. The van der Waals surface area contributed by atoms with Gasteiger partial charge in [-0.3, -0.25) is 14.4 Å². The van der Waals surface area contributed by atoms with Gasteiger partial charge in [-0.1, -0.05) is 161 Å². The molecule has 1 atom stereocenters. The summed E-state index contributed by atoms with van der Waals surface area (Å²) in [5.41, 5.74) is -0.536. The monoisotopic (exact) mass is 671 g/mol. The van der Waals surface area contributed by atoms with Crippen LogP contribution in [-0.4, -0.2) is 57.7 Å². The van der Waals surface area contributed by atoms with Crippen LogP contribution in [0.2, 0.25) is 0 Å². The fourth-order valence-electron chi connectivity index (χ4n) is 6.61. The number of unbranched alkanes of at least 4 members (excludes halogenated alkanes) is 23. The van der Waals surface area contributed by atoms with Gasteiger partial charge in [-0.05, 0) is 32.1 Å². The van der Waals surface area contributed by atoms with Gasteiger partial charge in [0.1, 0.15) is 12.7 Å². The molecule has 0 aromatic rings. The number of rotatable bonds is 37. The third-order valence-corrected chi connectivity index (χ3v) is 9.65. The molecule has 0 aliphatic rings. The zero-order chi connectivity index (χ0) is 34.9. The molecule has 0 amide bonds. The van der Waals surface area contributed by atoms with Crippen molar-refractivity contribution in [3.8, 4) is 0 Å². The van der Waals surface area contributed by atoms with Crippen molar-refractivity contribution in [1.29, 1.82) is 0 Å². The van der Waals surface area contributed by atoms with Crippen LogP contribution in [0.3, 0.4) is 0 Å². The van der Waals surface area contributed by atoms with Gasteiger partial charge >= 0.3 is 17.9 Å². The molecule has 8 heteroatoms. The lowest BCUT2D eigenvalue weighted by atomic mass is 9.74. The predicted molar refractivity (Wildman–Crippen MR) is 191 cm³/mol. The molecular weight excluding hydrogens is 596 g/mol. The Kier molecular flexibility index (Phi) is 31.7. The van der Waals surface area contributed by atoms with Crippen LogP contribution in [0.15, 0.2) is 0 Å². The summed E-state index contributed by atoms with van der Waals surface area (Å²) in [6, 6.07) is 0. The van der Waals surface area contributed by atoms with E-state index >= 15 is 0 Å². The second kappa shape index (κ2) is 32.9. The van der Waals surface area contributed by atoms with Crippen LogP contribution >= 0.6 is 0 Å². The molecule has 0 saturated carbocycles. The number of carbonyl (C=O) groups is 3. The van der Waals surface area contributed by atoms with Gasteiger partial charge in [0.25, 0.3) is 0 Å². The molecule has 8 nitrogen and oxygen atoms in total. The minimum atomic E-state index is -1.05. The highest BCUT2D eigenvalue weighted by molar-refractivity contribution is 5.76. The van der Waals surface area contributed by atoms with Crippen LogP contribution < -0.4 is 0 Å². The van der Waals surface area contributed by atoms with Crippen LogP contribution in [0, 0.1) is 5.41 Å². The first kappa shape index (κ1) is 45.3. The fraction of sp³-hybridized carbons (Fsp3) is 0.923. The first-order valence-corrected chi connectivity index (χ1v) is 19.7. The van der Waals surface area contributed by atoms with Gasteiger partial charge in [-0.15, -0.1) is 0 Å². The van der Waals surface area contributed by atoms with Crippen molar-refractivity contribution in [2.45, 2.75) is 212 Å². The number of aliphatic hydroxyl groups excluding tert-OH is 2. The third-order valence-electron chi connectivity index (χ3n) is 9.65. The Morgan fingerprint density at radius 3 is 1.11 bits per heavy atom. The molecule has 278 valence electrons. The maximum absolute atomic E-state index is 13.7. The lowest BCUT2D eigenvalue weighted by molar-refractivity contribution is -0.161. The fourth-order valence-corrected chi connectivity index (χ4v) is 6.61. The first-order chi connectivity index (χ1) is 22.8. The van der Waals surface area contributed by atoms with Crippen molar-refractivity contribution >= 4 is 17.9 Å². The molecule has 0 spiro atoms. The second-order valence-corrected chi connectivity index (χ2v) is 14.1. The van der Waals surface area contributed by atoms with Crippen LogP contribution in [0.4, 0.5) is 0 Å². The SMILES string of the molecule is CCCCCCCCCCC(CCCCCCCCCCCC(=O)O)(CCCCCCCCCCCC(=O)O)C(=O)OCC(O)CO. The Morgan fingerprint density at radius 2 is 0.809 bits per heavy atom. The number of hydrogen-bond donors (Lipinski definition) is 4. The lowest BCUT2D eigenvalue weighted by Gasteiger charge is -2.32. The smallest absolute Gasteiger partial charge is 0.312 e. The van der Waals surface area contributed by atoms with Crippen molar-refractivity contribution in [1.82, 2.24) is 0 Å². The van der Waals surface area contributed by atoms with Crippen molar-refractivity contribution in [3.05, 3.63) is 0 Å². The number of esters is 1. The molecule has 0 rings (SSSR count). The number of carboxylic acid groups (broad SMARTS) is 2. The molecular formula is C39H74O8. The summed E-state index contributed by atoms with van der Waals surface area (Å²) in [7, 11) is 0. The van der Waals surface area contributed by atoms with Crippen LogP contribution in [-0.2, 0) is 19.1 Å². The van der Waals surface area contributed by atoms with Crippen LogP contribution in [0.1, 0.15) is 206 Å². The van der Waals surface area contributed by atoms with Gasteiger partial charge in [0, 0.05) is 12.8 Å². The van der Waals surface area contributed by atoms with Crippen LogP contribution in [0.25, 0.3) is 0 Å². The zero-order valence-electron chi connectivity index (χ0n) is 30.3. The van der Waals surface area contributed by atoms with Crippen LogP contribution in [0.5, 0.6) is 0 Å². The van der Waals surface area contributed by atoms with Crippen molar-refractivity contribution in [2.75, 3.05) is 13.2 Å². The standard InChI is InChI=1S/C39H74O8/c1-2-3-4-5-6-15-20-25-30-39(38(46)47-34-35(41)33-40,31-26-21-16-11-7-9-13-18-23-28-36(42)43)32-27-22-17-12-8-10-14-19-24-29-37(44)45/h35,40-41H,2-34H2,1H3,(H,42,43)(H,44,45). The molecule has 0 aliphatic heterocycles. The van der Waals surface area contributed by atoms with E-state index in [4.69, 9.17) is 14.9 Å². The molecule has 47 heavy (non-hydrogen) atoms. The zero-order valence-corrected chi connectivity index (χ0v) is 30.3. The molecule has 0 heterocycles. The minimum absolute atomic E-state index is 0.159. The molecule has 0 aromatic carbocycles. The average Bonchev–Trinajstić information content (AvgIpc) is 3.05. The minimum Gasteiger partial charge on any atom is -0.481 e. The Balaban J connectivity index is 4.92. The number of ether oxygens (including phenoxy) is 1. The Bertz CT molecular complexity index is 704. The highest BCUT2D eigenvalue weighted by atomic mass is 16.5. The predicted octanol–water partition coefficient (Wildman–Crippen LogP) is 10.2. The normalized spacial score (nSPS) is 12.3. The van der Waals surface area contributed by atoms with Gasteiger partial charge in [0.2, 0.25) is 0 Å². The van der Waals surface area contributed by atoms with E-state index in [1.165, 1.54) is 51.4 Å². The molecule has 0 bridgehead atoms. The Morgan fingerprint density at radius 1 is 0.511 bits per heavy atom. The van der Waals surface area contributed by atoms with Gasteiger partial charge in [-0.2, -0.15) is 0 Å². The van der Waals surface area contributed by atoms with E-state index in [1.807, 2.05) is 0 Å². The van der Waals surface area contributed by atoms with Gasteiger partial charge in [0.15, 0.2) is 0 Å². The van der Waals surface area contributed by atoms with E-state index < -0.39 is 30.1 Å². The third kappa shape index (κ3) is 29.0. The summed E-state index contributed by atoms with van der Waals surface area (Å²) in [6.45, 7) is 1.66. The van der Waals surface area contributed by atoms with Crippen molar-refractivity contribution in [3.63, 3.8) is 0 Å². The summed E-state index contributed by atoms with van der Waals surface area (Å²) in [5.74, 6) is -1.62. The van der Waals surface area contributed by atoms with Gasteiger partial charge in [-0.25, -0.2) is 0 Å².